The fourth-order valence-electron chi connectivity index (χ4n) is 2.35. The maximum absolute atomic E-state index is 12.3. The summed E-state index contributed by atoms with van der Waals surface area (Å²) in [4.78, 5) is 12.3. The highest BCUT2D eigenvalue weighted by Gasteiger charge is 2.16. The highest BCUT2D eigenvalue weighted by molar-refractivity contribution is 5.95. The summed E-state index contributed by atoms with van der Waals surface area (Å²) < 4.78 is 10.4. The van der Waals surface area contributed by atoms with E-state index in [1.54, 1.807) is 32.4 Å². The van der Waals surface area contributed by atoms with Crippen LogP contribution >= 0.6 is 0 Å². The van der Waals surface area contributed by atoms with E-state index in [0.29, 0.717) is 17.1 Å². The molecule has 110 valence electrons. The lowest BCUT2D eigenvalue weighted by atomic mass is 10.1. The molecule has 1 fully saturated rings. The minimum Gasteiger partial charge on any atom is -0.497 e. The maximum atomic E-state index is 12.3. The number of ether oxygens (including phenoxy) is 2. The van der Waals surface area contributed by atoms with Crippen LogP contribution in [0.2, 0.25) is 0 Å². The van der Waals surface area contributed by atoms with E-state index in [2.05, 4.69) is 10.6 Å². The number of hydrogen-bond donors (Lipinski definition) is 2. The zero-order chi connectivity index (χ0) is 14.4. The second-order valence-electron chi connectivity index (χ2n) is 4.97. The monoisotopic (exact) mass is 278 g/mol. The Labute approximate surface area is 119 Å². The fourth-order valence-corrected chi connectivity index (χ4v) is 2.35. The predicted molar refractivity (Wildman–Crippen MR) is 77.5 cm³/mol. The quantitative estimate of drug-likeness (QED) is 0.878. The van der Waals surface area contributed by atoms with Crippen LogP contribution in [-0.4, -0.2) is 39.3 Å². The van der Waals surface area contributed by atoms with Gasteiger partial charge in [0.05, 0.1) is 14.2 Å². The molecule has 0 radical (unpaired) electrons. The van der Waals surface area contributed by atoms with Crippen LogP contribution in [0.3, 0.4) is 0 Å². The Kier molecular flexibility index (Phi) is 5.24. The largest absolute Gasteiger partial charge is 0.497 e. The van der Waals surface area contributed by atoms with Crippen molar-refractivity contribution in [2.24, 2.45) is 0 Å². The Bertz CT molecular complexity index is 432. The zero-order valence-corrected chi connectivity index (χ0v) is 12.1. The third-order valence-electron chi connectivity index (χ3n) is 3.50. The van der Waals surface area contributed by atoms with Crippen LogP contribution in [0, 0.1) is 0 Å². The number of carbonyl (C=O) groups is 1. The van der Waals surface area contributed by atoms with Gasteiger partial charge in [-0.25, -0.2) is 0 Å². The van der Waals surface area contributed by atoms with Gasteiger partial charge >= 0.3 is 0 Å². The van der Waals surface area contributed by atoms with Gasteiger partial charge in [-0.05, 0) is 31.5 Å². The third-order valence-corrected chi connectivity index (χ3v) is 3.50. The molecule has 0 bridgehead atoms. The first kappa shape index (κ1) is 14.7. The molecule has 1 aliphatic heterocycles. The molecule has 20 heavy (non-hydrogen) atoms. The average molecular weight is 278 g/mol. The van der Waals surface area contributed by atoms with E-state index in [9.17, 15) is 4.79 Å². The number of benzene rings is 1. The summed E-state index contributed by atoms with van der Waals surface area (Å²) in [6.45, 7) is 1.85. The first-order valence-electron chi connectivity index (χ1n) is 6.97. The maximum Gasteiger partial charge on any atom is 0.251 e. The molecule has 1 aromatic rings. The van der Waals surface area contributed by atoms with Gasteiger partial charge in [-0.3, -0.25) is 4.79 Å². The minimum absolute atomic E-state index is 0.0871. The van der Waals surface area contributed by atoms with Crippen molar-refractivity contribution >= 4 is 5.91 Å². The normalized spacial score (nSPS) is 19.0. The van der Waals surface area contributed by atoms with Crippen molar-refractivity contribution in [3.8, 4) is 11.5 Å². The van der Waals surface area contributed by atoms with Gasteiger partial charge in [0.15, 0.2) is 0 Å². The number of hydrogen-bond acceptors (Lipinski definition) is 4. The molecule has 2 N–H and O–H groups in total. The second kappa shape index (κ2) is 7.14. The van der Waals surface area contributed by atoms with Gasteiger partial charge in [-0.15, -0.1) is 0 Å². The number of rotatable bonds is 4. The summed E-state index contributed by atoms with van der Waals surface area (Å²) in [6, 6.07) is 5.38. The summed E-state index contributed by atoms with van der Waals surface area (Å²) >= 11 is 0. The molecule has 0 spiro atoms. The molecule has 0 aliphatic carbocycles. The number of methoxy groups -OCH3 is 2. The van der Waals surface area contributed by atoms with Gasteiger partial charge in [0.1, 0.15) is 11.5 Å². The summed E-state index contributed by atoms with van der Waals surface area (Å²) in [5.74, 6) is 1.15. The van der Waals surface area contributed by atoms with Crippen molar-refractivity contribution in [3.63, 3.8) is 0 Å². The lowest BCUT2D eigenvalue weighted by Crippen LogP contribution is -2.40. The summed E-state index contributed by atoms with van der Waals surface area (Å²) in [6.07, 6.45) is 3.32. The molecule has 1 aromatic carbocycles. The lowest BCUT2D eigenvalue weighted by Gasteiger charge is -2.17. The SMILES string of the molecule is COc1cc(OC)cc(C(=O)NC2CCCCNC2)c1. The number of carbonyl (C=O) groups excluding carboxylic acids is 1. The van der Waals surface area contributed by atoms with Crippen molar-refractivity contribution < 1.29 is 14.3 Å². The Balaban J connectivity index is 2.07. The van der Waals surface area contributed by atoms with Crippen molar-refractivity contribution in [3.05, 3.63) is 23.8 Å². The minimum atomic E-state index is -0.0871. The van der Waals surface area contributed by atoms with Crippen LogP contribution in [0.25, 0.3) is 0 Å². The van der Waals surface area contributed by atoms with Crippen LogP contribution in [0.4, 0.5) is 0 Å². The van der Waals surface area contributed by atoms with E-state index in [1.807, 2.05) is 0 Å². The predicted octanol–water partition coefficient (Wildman–Crippen LogP) is 1.58. The van der Waals surface area contributed by atoms with E-state index >= 15 is 0 Å². The van der Waals surface area contributed by atoms with Crippen LogP contribution < -0.4 is 20.1 Å². The van der Waals surface area contributed by atoms with Gasteiger partial charge in [0.2, 0.25) is 0 Å². The number of amides is 1. The van der Waals surface area contributed by atoms with Gasteiger partial charge in [-0.1, -0.05) is 6.42 Å². The third kappa shape index (κ3) is 3.87. The summed E-state index contributed by atoms with van der Waals surface area (Å²) in [7, 11) is 3.15. The lowest BCUT2D eigenvalue weighted by molar-refractivity contribution is 0.0935. The van der Waals surface area contributed by atoms with Gasteiger partial charge in [-0.2, -0.15) is 0 Å². The van der Waals surface area contributed by atoms with E-state index < -0.39 is 0 Å². The van der Waals surface area contributed by atoms with Crippen molar-refractivity contribution in [2.45, 2.75) is 25.3 Å². The molecule has 5 nitrogen and oxygen atoms in total. The molecule has 1 atom stereocenters. The van der Waals surface area contributed by atoms with Gasteiger partial charge in [0.25, 0.3) is 5.91 Å². The molecule has 0 saturated carbocycles. The number of nitrogens with one attached hydrogen (secondary N) is 2. The Morgan fingerprint density at radius 2 is 1.90 bits per heavy atom. The molecule has 5 heteroatoms. The highest BCUT2D eigenvalue weighted by atomic mass is 16.5. The smallest absolute Gasteiger partial charge is 0.251 e. The van der Waals surface area contributed by atoms with Crippen LogP contribution in [0.15, 0.2) is 18.2 Å². The zero-order valence-electron chi connectivity index (χ0n) is 12.1. The van der Waals surface area contributed by atoms with Gasteiger partial charge < -0.3 is 20.1 Å². The molecule has 1 heterocycles. The second-order valence-corrected chi connectivity index (χ2v) is 4.97. The summed E-state index contributed by atoms with van der Waals surface area (Å²) in [5.41, 5.74) is 0.561. The Hall–Kier alpha value is -1.75. The van der Waals surface area contributed by atoms with E-state index in [4.69, 9.17) is 9.47 Å². The molecule has 1 unspecified atom stereocenters. The Morgan fingerprint density at radius 3 is 2.55 bits per heavy atom. The molecule has 1 aliphatic rings. The van der Waals surface area contributed by atoms with Crippen LogP contribution in [0.1, 0.15) is 29.6 Å². The van der Waals surface area contributed by atoms with Crippen molar-refractivity contribution in [1.29, 1.82) is 0 Å². The van der Waals surface area contributed by atoms with Crippen LogP contribution in [-0.2, 0) is 0 Å². The fraction of sp³-hybridized carbons (Fsp3) is 0.533. The average Bonchev–Trinajstić information content (AvgIpc) is 2.75. The Morgan fingerprint density at radius 1 is 1.20 bits per heavy atom. The molecular formula is C15H22N2O3. The highest BCUT2D eigenvalue weighted by Crippen LogP contribution is 2.22. The molecule has 1 amide bonds. The molecule has 2 rings (SSSR count). The summed E-state index contributed by atoms with van der Waals surface area (Å²) in [5, 5.41) is 6.40. The molecule has 1 saturated heterocycles. The molecule has 0 aromatic heterocycles. The van der Waals surface area contributed by atoms with Gasteiger partial charge in [0, 0.05) is 24.2 Å². The van der Waals surface area contributed by atoms with E-state index in [-0.39, 0.29) is 11.9 Å². The van der Waals surface area contributed by atoms with E-state index in [1.165, 1.54) is 6.42 Å². The first-order valence-corrected chi connectivity index (χ1v) is 6.97. The standard InChI is InChI=1S/C15H22N2O3/c1-19-13-7-11(8-14(9-13)20-2)15(18)17-12-5-3-4-6-16-10-12/h7-9,12,16H,3-6,10H2,1-2H3,(H,17,18). The van der Waals surface area contributed by atoms with Crippen molar-refractivity contribution in [1.82, 2.24) is 10.6 Å². The van der Waals surface area contributed by atoms with Crippen LogP contribution in [0.5, 0.6) is 11.5 Å². The van der Waals surface area contributed by atoms with E-state index in [0.717, 1.165) is 25.9 Å². The first-order chi connectivity index (χ1) is 9.72. The topological polar surface area (TPSA) is 59.6 Å². The molecular weight excluding hydrogens is 256 g/mol. The van der Waals surface area contributed by atoms with Crippen molar-refractivity contribution in [2.75, 3.05) is 27.3 Å².